The molecule has 6 nitrogen and oxygen atoms in total. The van der Waals surface area contributed by atoms with Gasteiger partial charge in [-0.25, -0.2) is 8.42 Å². The molecule has 0 bridgehead atoms. The fraction of sp³-hybridized carbons (Fsp3) is 0.348. The lowest BCUT2D eigenvalue weighted by molar-refractivity contribution is -0.137. The number of aromatic amines is 1. The Bertz CT molecular complexity index is 1380. The van der Waals surface area contributed by atoms with Crippen LogP contribution in [0.3, 0.4) is 0 Å². The zero-order valence-corrected chi connectivity index (χ0v) is 19.7. The van der Waals surface area contributed by atoms with Crippen molar-refractivity contribution in [2.75, 3.05) is 13.2 Å². The summed E-state index contributed by atoms with van der Waals surface area (Å²) in [5.74, 6) is 0. The molecule has 1 aromatic heterocycles. The molecule has 1 fully saturated rings. The van der Waals surface area contributed by atoms with E-state index >= 15 is 0 Å². The average Bonchev–Trinajstić information content (AvgIpc) is 3.26. The van der Waals surface area contributed by atoms with Crippen LogP contribution in [0.15, 0.2) is 52.2 Å². The highest BCUT2D eigenvalue weighted by atomic mass is 35.5. The summed E-state index contributed by atoms with van der Waals surface area (Å²) in [6, 6.07) is 9.18. The number of rotatable bonds is 6. The molecule has 2 heterocycles. The first-order valence-corrected chi connectivity index (χ1v) is 12.4. The van der Waals surface area contributed by atoms with E-state index in [1.807, 2.05) is 19.1 Å². The normalized spacial score (nSPS) is 17.1. The number of aromatic nitrogens is 1. The Hall–Kier alpha value is -2.40. The van der Waals surface area contributed by atoms with E-state index in [1.165, 1.54) is 0 Å². The molecule has 3 aromatic rings. The topological polar surface area (TPSA) is 79.5 Å². The Morgan fingerprint density at radius 3 is 2.62 bits per heavy atom. The molecule has 1 saturated heterocycles. The van der Waals surface area contributed by atoms with Crippen LogP contribution >= 0.6 is 11.6 Å². The van der Waals surface area contributed by atoms with Crippen molar-refractivity contribution >= 4 is 32.5 Å². The van der Waals surface area contributed by atoms with Gasteiger partial charge in [-0.1, -0.05) is 23.2 Å². The SMILES string of the molecule is Cc1ccc2[nH]c(=O)c(CN(CC3CCCO3)S(=O)(=O)c3cc(C(F)(F)F)ccc3Cl)cc2c1. The molecule has 4 rings (SSSR count). The summed E-state index contributed by atoms with van der Waals surface area (Å²) in [5, 5.41) is 0.370. The molecular formula is C23H22ClF3N2O4S. The number of ether oxygens (including phenoxy) is 1. The molecule has 0 amide bonds. The quantitative estimate of drug-likeness (QED) is 0.508. The largest absolute Gasteiger partial charge is 0.416 e. The van der Waals surface area contributed by atoms with Crippen LogP contribution < -0.4 is 5.56 Å². The molecule has 1 unspecified atom stereocenters. The van der Waals surface area contributed by atoms with Gasteiger partial charge in [0.1, 0.15) is 4.90 Å². The standard InChI is InChI=1S/C23H22ClF3N2O4S/c1-14-4-7-20-15(9-14)10-16(22(30)28-20)12-29(13-18-3-2-8-33-18)34(31,32)21-11-17(23(25,26)27)5-6-19(21)24/h4-7,9-11,18H,2-3,8,12-13H2,1H3,(H,28,30). The Kier molecular flexibility index (Phi) is 6.78. The van der Waals surface area contributed by atoms with Gasteiger partial charge in [0.05, 0.1) is 16.7 Å². The van der Waals surface area contributed by atoms with E-state index in [9.17, 15) is 26.4 Å². The number of hydrogen-bond acceptors (Lipinski definition) is 4. The minimum Gasteiger partial charge on any atom is -0.377 e. The highest BCUT2D eigenvalue weighted by molar-refractivity contribution is 7.89. The van der Waals surface area contributed by atoms with Crippen molar-refractivity contribution in [3.8, 4) is 0 Å². The number of fused-ring (bicyclic) bond motifs is 1. The van der Waals surface area contributed by atoms with E-state index in [2.05, 4.69) is 4.98 Å². The van der Waals surface area contributed by atoms with E-state index in [0.717, 1.165) is 28.4 Å². The maximum absolute atomic E-state index is 13.6. The van der Waals surface area contributed by atoms with Crippen molar-refractivity contribution in [2.45, 2.75) is 43.5 Å². The van der Waals surface area contributed by atoms with E-state index in [-0.39, 0.29) is 23.7 Å². The molecule has 11 heteroatoms. The molecular weight excluding hydrogens is 493 g/mol. The lowest BCUT2D eigenvalue weighted by atomic mass is 10.1. The van der Waals surface area contributed by atoms with Crippen molar-refractivity contribution in [3.63, 3.8) is 0 Å². The molecule has 0 aliphatic carbocycles. The van der Waals surface area contributed by atoms with Gasteiger partial charge < -0.3 is 9.72 Å². The van der Waals surface area contributed by atoms with Crippen LogP contribution in [0.4, 0.5) is 13.2 Å². The van der Waals surface area contributed by atoms with Crippen molar-refractivity contribution < 1.29 is 26.3 Å². The summed E-state index contributed by atoms with van der Waals surface area (Å²) in [5.41, 5.74) is 0.0762. The van der Waals surface area contributed by atoms with Gasteiger partial charge in [0.25, 0.3) is 5.56 Å². The Labute approximate surface area is 199 Å². The second kappa shape index (κ2) is 9.33. The van der Waals surface area contributed by atoms with Gasteiger partial charge in [-0.15, -0.1) is 0 Å². The molecule has 2 aromatic carbocycles. The molecule has 0 spiro atoms. The van der Waals surface area contributed by atoms with Crippen molar-refractivity contribution in [2.24, 2.45) is 0 Å². The number of nitrogens with one attached hydrogen (secondary N) is 1. The molecule has 34 heavy (non-hydrogen) atoms. The minimum absolute atomic E-state index is 0.125. The number of H-pyrrole nitrogens is 1. The first kappa shape index (κ1) is 24.7. The second-order valence-corrected chi connectivity index (χ2v) is 10.6. The Morgan fingerprint density at radius 1 is 1.18 bits per heavy atom. The third-order valence-electron chi connectivity index (χ3n) is 5.73. The van der Waals surface area contributed by atoms with Crippen LogP contribution in [0.2, 0.25) is 5.02 Å². The third kappa shape index (κ3) is 5.14. The highest BCUT2D eigenvalue weighted by Gasteiger charge is 2.36. The number of hydrogen-bond donors (Lipinski definition) is 1. The van der Waals surface area contributed by atoms with Crippen LogP contribution in [0, 0.1) is 6.92 Å². The zero-order chi connectivity index (χ0) is 24.7. The van der Waals surface area contributed by atoms with Gasteiger partial charge >= 0.3 is 6.18 Å². The van der Waals surface area contributed by atoms with Crippen molar-refractivity contribution in [3.05, 3.63) is 74.5 Å². The van der Waals surface area contributed by atoms with Gasteiger partial charge in [0, 0.05) is 30.8 Å². The number of pyridine rings is 1. The number of sulfonamides is 1. The lowest BCUT2D eigenvalue weighted by Crippen LogP contribution is -2.38. The summed E-state index contributed by atoms with van der Waals surface area (Å²) in [6.45, 7) is 1.86. The number of nitrogens with zero attached hydrogens (tertiary/aromatic N) is 1. The summed E-state index contributed by atoms with van der Waals surface area (Å²) in [4.78, 5) is 14.8. The molecule has 1 aliphatic heterocycles. The molecule has 1 aliphatic rings. The van der Waals surface area contributed by atoms with Crippen LogP contribution in [-0.2, 0) is 27.5 Å². The van der Waals surface area contributed by atoms with E-state index in [1.54, 1.807) is 12.1 Å². The summed E-state index contributed by atoms with van der Waals surface area (Å²) in [6.07, 6.45) is -3.86. The maximum atomic E-state index is 13.6. The van der Waals surface area contributed by atoms with E-state index < -0.39 is 38.3 Å². The monoisotopic (exact) mass is 514 g/mol. The summed E-state index contributed by atoms with van der Waals surface area (Å²) in [7, 11) is -4.51. The maximum Gasteiger partial charge on any atom is 0.416 e. The van der Waals surface area contributed by atoms with Crippen LogP contribution in [-0.4, -0.2) is 37.0 Å². The molecule has 1 N–H and O–H groups in total. The molecule has 182 valence electrons. The van der Waals surface area contributed by atoms with Crippen LogP contribution in [0.25, 0.3) is 10.9 Å². The molecule has 1 atom stereocenters. The van der Waals surface area contributed by atoms with Crippen molar-refractivity contribution in [1.82, 2.24) is 9.29 Å². The number of alkyl halides is 3. The third-order valence-corrected chi connectivity index (χ3v) is 8.02. The fourth-order valence-corrected chi connectivity index (χ4v) is 5.91. The first-order chi connectivity index (χ1) is 15.9. The molecule has 0 saturated carbocycles. The van der Waals surface area contributed by atoms with Gasteiger partial charge in [-0.05, 0) is 61.5 Å². The van der Waals surface area contributed by atoms with Crippen LogP contribution in [0.5, 0.6) is 0 Å². The van der Waals surface area contributed by atoms with Gasteiger partial charge in [0.2, 0.25) is 10.0 Å². The molecule has 0 radical (unpaired) electrons. The lowest BCUT2D eigenvalue weighted by Gasteiger charge is -2.25. The van der Waals surface area contributed by atoms with Crippen LogP contribution in [0.1, 0.15) is 29.5 Å². The number of benzene rings is 2. The first-order valence-electron chi connectivity index (χ1n) is 10.6. The summed E-state index contributed by atoms with van der Waals surface area (Å²) < 4.78 is 73.5. The smallest absolute Gasteiger partial charge is 0.377 e. The highest BCUT2D eigenvalue weighted by Crippen LogP contribution is 2.35. The summed E-state index contributed by atoms with van der Waals surface area (Å²) >= 11 is 6.05. The predicted octanol–water partition coefficient (Wildman–Crippen LogP) is 4.88. The number of halogens is 4. The van der Waals surface area contributed by atoms with Crippen molar-refractivity contribution in [1.29, 1.82) is 0 Å². The fourth-order valence-electron chi connectivity index (χ4n) is 3.96. The van der Waals surface area contributed by atoms with E-state index in [4.69, 9.17) is 16.3 Å². The van der Waals surface area contributed by atoms with Gasteiger partial charge in [-0.3, -0.25) is 4.79 Å². The minimum atomic E-state index is -4.75. The van der Waals surface area contributed by atoms with Gasteiger partial charge in [0.15, 0.2) is 0 Å². The van der Waals surface area contributed by atoms with Gasteiger partial charge in [-0.2, -0.15) is 17.5 Å². The van der Waals surface area contributed by atoms with E-state index in [0.29, 0.717) is 30.0 Å². The second-order valence-electron chi connectivity index (χ2n) is 8.29. The Balaban J connectivity index is 1.78. The Morgan fingerprint density at radius 2 is 1.94 bits per heavy atom. The zero-order valence-electron chi connectivity index (χ0n) is 18.2. The number of aryl methyl sites for hydroxylation is 1. The average molecular weight is 515 g/mol. The predicted molar refractivity (Wildman–Crippen MR) is 122 cm³/mol.